The summed E-state index contributed by atoms with van der Waals surface area (Å²) < 4.78 is 38.1. The van der Waals surface area contributed by atoms with Gasteiger partial charge in [0.2, 0.25) is 0 Å². The van der Waals surface area contributed by atoms with Gasteiger partial charge in [-0.25, -0.2) is 4.98 Å². The summed E-state index contributed by atoms with van der Waals surface area (Å²) in [5.74, 6) is -0.497. The number of thiazole rings is 1. The van der Waals surface area contributed by atoms with E-state index in [4.69, 9.17) is 5.73 Å². The number of amides is 1. The number of carbonyl (C=O) groups is 1. The fourth-order valence-electron chi connectivity index (χ4n) is 1.59. The predicted molar refractivity (Wildman–Crippen MR) is 70.7 cm³/mol. The Labute approximate surface area is 116 Å². The predicted octanol–water partition coefficient (Wildman–Crippen LogP) is 3.30. The molecule has 0 saturated heterocycles. The maximum Gasteiger partial charge on any atom is 0.418 e. The molecule has 106 valence electrons. The van der Waals surface area contributed by atoms with Crippen LogP contribution in [0.4, 0.5) is 24.5 Å². The number of carbonyl (C=O) groups excluding carboxylic acids is 1. The van der Waals surface area contributed by atoms with Gasteiger partial charge in [0.25, 0.3) is 5.91 Å². The molecule has 0 radical (unpaired) electrons. The number of aryl methyl sites for hydroxylation is 1. The largest absolute Gasteiger partial charge is 0.418 e. The van der Waals surface area contributed by atoms with Crippen LogP contribution in [0.2, 0.25) is 0 Å². The molecule has 1 aromatic carbocycles. The Kier molecular flexibility index (Phi) is 3.67. The Balaban J connectivity index is 2.27. The third kappa shape index (κ3) is 2.90. The van der Waals surface area contributed by atoms with Crippen molar-refractivity contribution >= 4 is 28.6 Å². The third-order valence-electron chi connectivity index (χ3n) is 2.57. The number of benzene rings is 1. The molecule has 0 saturated carbocycles. The zero-order valence-electron chi connectivity index (χ0n) is 10.3. The number of anilines is 2. The normalized spacial score (nSPS) is 11.4. The van der Waals surface area contributed by atoms with Gasteiger partial charge in [-0.1, -0.05) is 0 Å². The number of nitrogen functional groups attached to an aromatic ring is 1. The van der Waals surface area contributed by atoms with Crippen LogP contribution >= 0.6 is 11.3 Å². The molecule has 0 atom stereocenters. The van der Waals surface area contributed by atoms with Crippen molar-refractivity contribution in [2.24, 2.45) is 0 Å². The number of hydrogen-bond donors (Lipinski definition) is 2. The summed E-state index contributed by atoms with van der Waals surface area (Å²) in [6, 6.07) is 3.24. The first-order valence-corrected chi connectivity index (χ1v) is 6.35. The van der Waals surface area contributed by atoms with E-state index in [9.17, 15) is 18.0 Å². The fourth-order valence-corrected chi connectivity index (χ4v) is 2.28. The fraction of sp³-hybridized carbons (Fsp3) is 0.167. The van der Waals surface area contributed by atoms with Gasteiger partial charge in [0.15, 0.2) is 0 Å². The molecular weight excluding hydrogens is 291 g/mol. The molecule has 8 heteroatoms. The van der Waals surface area contributed by atoms with E-state index >= 15 is 0 Å². The summed E-state index contributed by atoms with van der Waals surface area (Å²) in [6.07, 6.45) is -4.56. The maximum absolute atomic E-state index is 12.7. The molecule has 4 nitrogen and oxygen atoms in total. The molecule has 1 aromatic heterocycles. The van der Waals surface area contributed by atoms with E-state index in [2.05, 4.69) is 10.3 Å². The molecule has 2 aromatic rings. The number of nitrogens with zero attached hydrogens (tertiary/aromatic N) is 1. The number of alkyl halides is 3. The first-order valence-electron chi connectivity index (χ1n) is 5.47. The first kappa shape index (κ1) is 14.3. The Morgan fingerprint density at radius 3 is 2.65 bits per heavy atom. The van der Waals surface area contributed by atoms with Gasteiger partial charge in [0.05, 0.1) is 16.8 Å². The molecule has 0 aliphatic heterocycles. The summed E-state index contributed by atoms with van der Waals surface area (Å²) in [4.78, 5) is 16.2. The Bertz CT molecular complexity index is 652. The highest BCUT2D eigenvalue weighted by Gasteiger charge is 2.33. The molecule has 1 heterocycles. The minimum atomic E-state index is -4.56. The van der Waals surface area contributed by atoms with Crippen LogP contribution in [0.15, 0.2) is 23.7 Å². The van der Waals surface area contributed by atoms with Gasteiger partial charge in [-0.15, -0.1) is 11.3 Å². The van der Waals surface area contributed by atoms with Crippen molar-refractivity contribution in [2.45, 2.75) is 13.1 Å². The lowest BCUT2D eigenvalue weighted by Gasteiger charge is -2.12. The second kappa shape index (κ2) is 5.12. The maximum atomic E-state index is 12.7. The van der Waals surface area contributed by atoms with Crippen LogP contribution in [0.5, 0.6) is 0 Å². The summed E-state index contributed by atoms with van der Waals surface area (Å²) in [5, 5.41) is 2.40. The van der Waals surface area contributed by atoms with E-state index in [1.807, 2.05) is 0 Å². The van der Waals surface area contributed by atoms with Gasteiger partial charge < -0.3 is 11.1 Å². The monoisotopic (exact) mass is 301 g/mol. The van der Waals surface area contributed by atoms with Gasteiger partial charge in [-0.05, 0) is 25.1 Å². The summed E-state index contributed by atoms with van der Waals surface area (Å²) >= 11 is 1.12. The molecule has 3 N–H and O–H groups in total. The standard InChI is InChI=1S/C12H10F3N3OS/c1-6-10(20-5-17-6)11(19)18-7-2-3-9(16)8(4-7)12(13,14)15/h2-5H,16H2,1H3,(H,18,19). The van der Waals surface area contributed by atoms with Gasteiger partial charge in [-0.3, -0.25) is 4.79 Å². The smallest absolute Gasteiger partial charge is 0.398 e. The number of nitrogens with one attached hydrogen (secondary N) is 1. The summed E-state index contributed by atoms with van der Waals surface area (Å²) in [7, 11) is 0. The molecular formula is C12H10F3N3OS. The summed E-state index contributed by atoms with van der Waals surface area (Å²) in [6.45, 7) is 1.65. The molecule has 0 bridgehead atoms. The second-order valence-electron chi connectivity index (χ2n) is 4.02. The van der Waals surface area contributed by atoms with Crippen LogP contribution in [0, 0.1) is 6.92 Å². The molecule has 2 rings (SSSR count). The van der Waals surface area contributed by atoms with Gasteiger partial charge >= 0.3 is 6.18 Å². The topological polar surface area (TPSA) is 68.0 Å². The first-order chi connectivity index (χ1) is 9.29. The highest BCUT2D eigenvalue weighted by atomic mass is 32.1. The lowest BCUT2D eigenvalue weighted by Crippen LogP contribution is -2.14. The Morgan fingerprint density at radius 2 is 2.10 bits per heavy atom. The van der Waals surface area contributed by atoms with Crippen molar-refractivity contribution in [3.63, 3.8) is 0 Å². The minimum Gasteiger partial charge on any atom is -0.398 e. The molecule has 0 spiro atoms. The summed E-state index contributed by atoms with van der Waals surface area (Å²) in [5.41, 5.74) is 5.98. The van der Waals surface area contributed by atoms with E-state index in [1.54, 1.807) is 6.92 Å². The average molecular weight is 301 g/mol. The number of nitrogens with two attached hydrogens (primary N) is 1. The number of halogens is 3. The highest BCUT2D eigenvalue weighted by Crippen LogP contribution is 2.35. The number of aromatic nitrogens is 1. The van der Waals surface area contributed by atoms with E-state index in [-0.39, 0.29) is 11.4 Å². The lowest BCUT2D eigenvalue weighted by molar-refractivity contribution is -0.136. The van der Waals surface area contributed by atoms with Crippen LogP contribution in [0.1, 0.15) is 20.9 Å². The van der Waals surface area contributed by atoms with Crippen LogP contribution < -0.4 is 11.1 Å². The number of hydrogen-bond acceptors (Lipinski definition) is 4. The molecule has 0 unspecified atom stereocenters. The molecule has 0 aliphatic rings. The van der Waals surface area contributed by atoms with Crippen LogP contribution in [-0.2, 0) is 6.18 Å². The van der Waals surface area contributed by atoms with Gasteiger partial charge in [0, 0.05) is 11.4 Å². The molecule has 0 fully saturated rings. The SMILES string of the molecule is Cc1ncsc1C(=O)Nc1ccc(N)c(C(F)(F)F)c1. The van der Waals surface area contributed by atoms with Crippen molar-refractivity contribution in [1.82, 2.24) is 4.98 Å². The second-order valence-corrected chi connectivity index (χ2v) is 4.88. The van der Waals surface area contributed by atoms with Crippen molar-refractivity contribution < 1.29 is 18.0 Å². The van der Waals surface area contributed by atoms with E-state index in [0.717, 1.165) is 23.5 Å². The molecule has 0 aliphatic carbocycles. The van der Waals surface area contributed by atoms with Crippen LogP contribution in [0.25, 0.3) is 0 Å². The van der Waals surface area contributed by atoms with Gasteiger partial charge in [-0.2, -0.15) is 13.2 Å². The highest BCUT2D eigenvalue weighted by molar-refractivity contribution is 7.12. The van der Waals surface area contributed by atoms with Crippen molar-refractivity contribution in [3.8, 4) is 0 Å². The van der Waals surface area contributed by atoms with Crippen LogP contribution in [0.3, 0.4) is 0 Å². The van der Waals surface area contributed by atoms with E-state index in [1.165, 1.54) is 11.6 Å². The average Bonchev–Trinajstić information content (AvgIpc) is 2.76. The van der Waals surface area contributed by atoms with Crippen LogP contribution in [-0.4, -0.2) is 10.9 Å². The van der Waals surface area contributed by atoms with Crippen molar-refractivity contribution in [1.29, 1.82) is 0 Å². The molecule has 1 amide bonds. The number of rotatable bonds is 2. The zero-order chi connectivity index (χ0) is 14.9. The Morgan fingerprint density at radius 1 is 1.40 bits per heavy atom. The molecule has 20 heavy (non-hydrogen) atoms. The van der Waals surface area contributed by atoms with Gasteiger partial charge in [0.1, 0.15) is 4.88 Å². The lowest BCUT2D eigenvalue weighted by atomic mass is 10.1. The third-order valence-corrected chi connectivity index (χ3v) is 3.50. The minimum absolute atomic E-state index is 0.0318. The quantitative estimate of drug-likeness (QED) is 0.836. The van der Waals surface area contributed by atoms with E-state index in [0.29, 0.717) is 10.6 Å². The Hall–Kier alpha value is -2.09. The van der Waals surface area contributed by atoms with E-state index < -0.39 is 17.6 Å². The van der Waals surface area contributed by atoms with Crippen molar-refractivity contribution in [2.75, 3.05) is 11.1 Å². The van der Waals surface area contributed by atoms with Crippen molar-refractivity contribution in [3.05, 3.63) is 39.8 Å². The zero-order valence-corrected chi connectivity index (χ0v) is 11.1.